The number of fused-ring (bicyclic) bond motifs is 1. The minimum Gasteiger partial charge on any atom is -0.487 e. The van der Waals surface area contributed by atoms with Gasteiger partial charge in [0.2, 0.25) is 0 Å². The Morgan fingerprint density at radius 3 is 2.86 bits per heavy atom. The first kappa shape index (κ1) is 18.1. The van der Waals surface area contributed by atoms with E-state index < -0.39 is 5.60 Å². The second kappa shape index (κ2) is 7.33. The monoisotopic (exact) mass is 330 g/mol. The number of nitriles is 1. The third-order valence-electron chi connectivity index (χ3n) is 3.82. The molecule has 1 aromatic carbocycles. The van der Waals surface area contributed by atoms with Crippen molar-refractivity contribution < 1.29 is 9.84 Å². The van der Waals surface area contributed by atoms with E-state index in [0.29, 0.717) is 23.7 Å². The smallest absolute Gasteiger partial charge is 0.126 e. The number of alkyl halides is 1. The van der Waals surface area contributed by atoms with Crippen LogP contribution in [0.25, 0.3) is 0 Å². The molecule has 1 aromatic rings. The third-order valence-corrected chi connectivity index (χ3v) is 4.09. The normalized spacial score (nSPS) is 27.0. The van der Waals surface area contributed by atoms with Crippen molar-refractivity contribution in [2.45, 2.75) is 38.0 Å². The van der Waals surface area contributed by atoms with E-state index >= 15 is 0 Å². The van der Waals surface area contributed by atoms with E-state index in [0.717, 1.165) is 12.0 Å². The van der Waals surface area contributed by atoms with Gasteiger partial charge in [-0.25, -0.2) is 0 Å². The van der Waals surface area contributed by atoms with Gasteiger partial charge in [0.25, 0.3) is 0 Å². The summed E-state index contributed by atoms with van der Waals surface area (Å²) < 4.78 is 5.76. The van der Waals surface area contributed by atoms with Crippen molar-refractivity contribution in [3.05, 3.63) is 29.3 Å². The van der Waals surface area contributed by atoms with Gasteiger partial charge in [0.1, 0.15) is 17.5 Å². The third kappa shape index (κ3) is 3.61. The van der Waals surface area contributed by atoms with Crippen LogP contribution in [0, 0.1) is 11.3 Å². The lowest BCUT2D eigenvalue weighted by Gasteiger charge is -2.43. The number of rotatable bonds is 4. The highest BCUT2D eigenvalue weighted by Gasteiger charge is 2.44. The molecule has 3 unspecified atom stereocenters. The quantitative estimate of drug-likeness (QED) is 0.658. The molecule has 0 amide bonds. The van der Waals surface area contributed by atoms with Crippen LogP contribution in [0.3, 0.4) is 0 Å². The molecule has 0 saturated carbocycles. The summed E-state index contributed by atoms with van der Waals surface area (Å²) in [6.07, 6.45) is 0.479. The molecule has 3 atom stereocenters. The molecule has 2 rings (SSSR count). The highest BCUT2D eigenvalue weighted by molar-refractivity contribution is 6.17. The Kier molecular flexibility index (Phi) is 6.30. The van der Waals surface area contributed by atoms with E-state index in [1.165, 1.54) is 0 Å². The predicted molar refractivity (Wildman–Crippen MR) is 85.2 cm³/mol. The number of hydrogen-bond acceptors (Lipinski definition) is 4. The second-order valence-electron chi connectivity index (χ2n) is 5.28. The molecule has 0 radical (unpaired) electrons. The molecular formula is C15H20Cl2N2O2. The molecule has 0 spiro atoms. The number of nitrogens with one attached hydrogen (secondary N) is 1. The Morgan fingerprint density at radius 1 is 1.52 bits per heavy atom. The number of hydrogen-bond donors (Lipinski definition) is 2. The minimum atomic E-state index is -1.05. The lowest BCUT2D eigenvalue weighted by molar-refractivity contribution is -0.0813. The van der Waals surface area contributed by atoms with Crippen LogP contribution < -0.4 is 10.1 Å². The van der Waals surface area contributed by atoms with Crippen LogP contribution in [-0.4, -0.2) is 29.2 Å². The summed E-state index contributed by atoms with van der Waals surface area (Å²) in [6, 6.07) is 7.12. The van der Waals surface area contributed by atoms with Gasteiger partial charge in [0, 0.05) is 11.4 Å². The fourth-order valence-corrected chi connectivity index (χ4v) is 2.57. The molecule has 0 bridgehead atoms. The topological polar surface area (TPSA) is 65.3 Å². The fraction of sp³-hybridized carbons (Fsp3) is 0.533. The van der Waals surface area contributed by atoms with Crippen molar-refractivity contribution in [2.24, 2.45) is 0 Å². The standard InChI is InChI=1S/C15H19ClN2O2.ClH/c1-10-15(2,19)14(18-7-3-6-16)12-8-11(9-17)4-5-13(12)20-10;/h4-5,8,10,14,18-19H,3,6-7H2,1-2H3;1H. The molecule has 21 heavy (non-hydrogen) atoms. The average molecular weight is 331 g/mol. The summed E-state index contributed by atoms with van der Waals surface area (Å²) in [6.45, 7) is 4.29. The zero-order valence-corrected chi connectivity index (χ0v) is 13.7. The molecule has 1 aliphatic rings. The van der Waals surface area contributed by atoms with Gasteiger partial charge in [0.05, 0.1) is 17.7 Å². The van der Waals surface area contributed by atoms with Crippen molar-refractivity contribution in [3.63, 3.8) is 0 Å². The second-order valence-corrected chi connectivity index (χ2v) is 5.66. The van der Waals surface area contributed by atoms with E-state index in [2.05, 4.69) is 11.4 Å². The van der Waals surface area contributed by atoms with Crippen LogP contribution in [0.15, 0.2) is 18.2 Å². The number of halogens is 2. The first-order valence-corrected chi connectivity index (χ1v) is 7.26. The van der Waals surface area contributed by atoms with Gasteiger partial charge in [-0.1, -0.05) is 0 Å². The Balaban J connectivity index is 0.00000220. The number of ether oxygens (including phenoxy) is 1. The summed E-state index contributed by atoms with van der Waals surface area (Å²) in [5.41, 5.74) is 0.330. The van der Waals surface area contributed by atoms with E-state index in [4.69, 9.17) is 21.6 Å². The lowest BCUT2D eigenvalue weighted by atomic mass is 9.82. The molecule has 6 heteroatoms. The maximum absolute atomic E-state index is 10.7. The molecule has 1 aliphatic heterocycles. The zero-order valence-electron chi connectivity index (χ0n) is 12.1. The van der Waals surface area contributed by atoms with Gasteiger partial charge in [0.15, 0.2) is 0 Å². The molecule has 0 aromatic heterocycles. The lowest BCUT2D eigenvalue weighted by Crippen LogP contribution is -2.54. The van der Waals surface area contributed by atoms with E-state index in [-0.39, 0.29) is 24.6 Å². The molecular weight excluding hydrogens is 311 g/mol. The molecule has 0 fully saturated rings. The molecule has 0 saturated heterocycles. The summed E-state index contributed by atoms with van der Waals surface area (Å²) in [7, 11) is 0. The summed E-state index contributed by atoms with van der Waals surface area (Å²) in [4.78, 5) is 0. The maximum Gasteiger partial charge on any atom is 0.126 e. The van der Waals surface area contributed by atoms with Crippen LogP contribution in [-0.2, 0) is 0 Å². The van der Waals surface area contributed by atoms with Crippen LogP contribution >= 0.6 is 24.0 Å². The van der Waals surface area contributed by atoms with Crippen LogP contribution in [0.5, 0.6) is 5.75 Å². The maximum atomic E-state index is 10.7. The van der Waals surface area contributed by atoms with Crippen molar-refractivity contribution >= 4 is 24.0 Å². The fourth-order valence-electron chi connectivity index (χ4n) is 2.44. The predicted octanol–water partition coefficient (Wildman–Crippen LogP) is 2.77. The average Bonchev–Trinajstić information content (AvgIpc) is 2.43. The molecule has 116 valence electrons. The summed E-state index contributed by atoms with van der Waals surface area (Å²) in [5, 5.41) is 23.1. The number of aliphatic hydroxyl groups is 1. The first-order valence-electron chi connectivity index (χ1n) is 6.73. The van der Waals surface area contributed by atoms with Crippen molar-refractivity contribution in [1.29, 1.82) is 5.26 Å². The van der Waals surface area contributed by atoms with Gasteiger partial charge in [-0.05, 0) is 45.0 Å². The van der Waals surface area contributed by atoms with Gasteiger partial charge in [-0.2, -0.15) is 5.26 Å². The van der Waals surface area contributed by atoms with Crippen molar-refractivity contribution in [3.8, 4) is 11.8 Å². The van der Waals surface area contributed by atoms with Crippen molar-refractivity contribution in [1.82, 2.24) is 5.32 Å². The Bertz CT molecular complexity index is 529. The number of benzene rings is 1. The highest BCUT2D eigenvalue weighted by Crippen LogP contribution is 2.41. The van der Waals surface area contributed by atoms with E-state index in [1.807, 2.05) is 6.92 Å². The first-order chi connectivity index (χ1) is 9.50. The van der Waals surface area contributed by atoms with Crippen LogP contribution in [0.1, 0.15) is 37.4 Å². The Labute approximate surface area is 136 Å². The summed E-state index contributed by atoms with van der Waals surface area (Å²) in [5.74, 6) is 1.28. The van der Waals surface area contributed by atoms with E-state index in [1.54, 1.807) is 25.1 Å². The molecule has 1 heterocycles. The van der Waals surface area contributed by atoms with Gasteiger partial charge >= 0.3 is 0 Å². The SMILES string of the molecule is CC1Oc2ccc(C#N)cc2C(NCCCCl)C1(C)O.Cl. The number of nitrogens with zero attached hydrogens (tertiary/aromatic N) is 1. The Morgan fingerprint density at radius 2 is 2.24 bits per heavy atom. The molecule has 2 N–H and O–H groups in total. The van der Waals surface area contributed by atoms with Gasteiger partial charge in [-0.15, -0.1) is 24.0 Å². The van der Waals surface area contributed by atoms with Crippen LogP contribution in [0.4, 0.5) is 0 Å². The van der Waals surface area contributed by atoms with Crippen molar-refractivity contribution in [2.75, 3.05) is 12.4 Å². The van der Waals surface area contributed by atoms with Gasteiger partial charge < -0.3 is 15.2 Å². The zero-order chi connectivity index (χ0) is 14.8. The van der Waals surface area contributed by atoms with Crippen LogP contribution in [0.2, 0.25) is 0 Å². The largest absolute Gasteiger partial charge is 0.487 e. The molecule has 0 aliphatic carbocycles. The summed E-state index contributed by atoms with van der Waals surface area (Å²) >= 11 is 5.70. The van der Waals surface area contributed by atoms with Gasteiger partial charge in [-0.3, -0.25) is 0 Å². The highest BCUT2D eigenvalue weighted by atomic mass is 35.5. The van der Waals surface area contributed by atoms with E-state index in [9.17, 15) is 5.11 Å². The molecule has 4 nitrogen and oxygen atoms in total. The Hall–Kier alpha value is -0.990. The minimum absolute atomic E-state index is 0.